The summed E-state index contributed by atoms with van der Waals surface area (Å²) >= 11 is 1.79. The van der Waals surface area contributed by atoms with E-state index in [0.717, 1.165) is 44.2 Å². The number of anilines is 1. The Kier molecular flexibility index (Phi) is 5.72. The summed E-state index contributed by atoms with van der Waals surface area (Å²) in [7, 11) is 1.63. The van der Waals surface area contributed by atoms with Crippen LogP contribution in [0.4, 0.5) is 5.69 Å². The van der Waals surface area contributed by atoms with Crippen molar-refractivity contribution in [2.75, 3.05) is 45.2 Å². The highest BCUT2D eigenvalue weighted by atomic mass is 32.1. The molecule has 1 aromatic heterocycles. The predicted molar refractivity (Wildman–Crippen MR) is 97.7 cm³/mol. The SMILES string of the molecule is COc1ccccc1NCC(=O)N1CCN(Cc2cccs2)CC1. The minimum Gasteiger partial charge on any atom is -0.495 e. The first-order valence-corrected chi connectivity index (χ1v) is 9.03. The van der Waals surface area contributed by atoms with Crippen LogP contribution in [0.25, 0.3) is 0 Å². The van der Waals surface area contributed by atoms with Crippen LogP contribution < -0.4 is 10.1 Å². The third kappa shape index (κ3) is 4.27. The molecule has 1 N–H and O–H groups in total. The molecule has 0 atom stereocenters. The number of benzene rings is 1. The largest absolute Gasteiger partial charge is 0.495 e. The van der Waals surface area contributed by atoms with Gasteiger partial charge in [-0.05, 0) is 23.6 Å². The van der Waals surface area contributed by atoms with Gasteiger partial charge in [-0.2, -0.15) is 0 Å². The van der Waals surface area contributed by atoms with Crippen molar-refractivity contribution in [1.82, 2.24) is 9.80 Å². The van der Waals surface area contributed by atoms with Crippen molar-refractivity contribution in [2.45, 2.75) is 6.54 Å². The Labute approximate surface area is 146 Å². The van der Waals surface area contributed by atoms with Gasteiger partial charge in [0.25, 0.3) is 0 Å². The zero-order chi connectivity index (χ0) is 16.8. The Bertz CT molecular complexity index is 652. The van der Waals surface area contributed by atoms with Crippen molar-refractivity contribution >= 4 is 22.9 Å². The van der Waals surface area contributed by atoms with E-state index in [0.29, 0.717) is 6.54 Å². The van der Waals surface area contributed by atoms with Crippen LogP contribution in [0.5, 0.6) is 5.75 Å². The maximum absolute atomic E-state index is 12.4. The molecule has 1 aliphatic rings. The number of piperazine rings is 1. The molecule has 1 aliphatic heterocycles. The third-order valence-electron chi connectivity index (χ3n) is 4.22. The number of rotatable bonds is 6. The van der Waals surface area contributed by atoms with Crippen molar-refractivity contribution < 1.29 is 9.53 Å². The molecule has 0 saturated carbocycles. The van der Waals surface area contributed by atoms with Crippen LogP contribution in [0.15, 0.2) is 41.8 Å². The number of nitrogens with one attached hydrogen (secondary N) is 1. The van der Waals surface area contributed by atoms with E-state index in [2.05, 4.69) is 27.7 Å². The number of carbonyl (C=O) groups is 1. The zero-order valence-corrected chi connectivity index (χ0v) is 14.7. The van der Waals surface area contributed by atoms with Crippen molar-refractivity contribution in [3.05, 3.63) is 46.7 Å². The van der Waals surface area contributed by atoms with Crippen molar-refractivity contribution in [2.24, 2.45) is 0 Å². The Morgan fingerprint density at radius 1 is 1.17 bits per heavy atom. The molecular formula is C18H23N3O2S. The van der Waals surface area contributed by atoms with E-state index in [1.807, 2.05) is 29.2 Å². The molecule has 0 bridgehead atoms. The van der Waals surface area contributed by atoms with Gasteiger partial charge in [-0.25, -0.2) is 0 Å². The summed E-state index contributed by atoms with van der Waals surface area (Å²) < 4.78 is 5.29. The number of ether oxygens (including phenoxy) is 1. The summed E-state index contributed by atoms with van der Waals surface area (Å²) in [5.74, 6) is 0.891. The molecule has 0 aliphatic carbocycles. The van der Waals surface area contributed by atoms with E-state index in [4.69, 9.17) is 4.74 Å². The van der Waals surface area contributed by atoms with Crippen molar-refractivity contribution in [3.63, 3.8) is 0 Å². The topological polar surface area (TPSA) is 44.8 Å². The standard InChI is InChI=1S/C18H23N3O2S/c1-23-17-7-3-2-6-16(17)19-13-18(22)21-10-8-20(9-11-21)14-15-5-4-12-24-15/h2-7,12,19H,8-11,13-14H2,1H3. The Morgan fingerprint density at radius 2 is 1.96 bits per heavy atom. The summed E-state index contributed by atoms with van der Waals surface area (Å²) in [6.45, 7) is 4.72. The van der Waals surface area contributed by atoms with Crippen LogP contribution in [0, 0.1) is 0 Å². The molecule has 1 fully saturated rings. The van der Waals surface area contributed by atoms with E-state index in [1.54, 1.807) is 18.4 Å². The maximum atomic E-state index is 12.4. The first-order valence-electron chi connectivity index (χ1n) is 8.15. The number of methoxy groups -OCH3 is 1. The molecule has 2 aromatic rings. The fourth-order valence-electron chi connectivity index (χ4n) is 2.85. The van der Waals surface area contributed by atoms with Crippen LogP contribution in [-0.2, 0) is 11.3 Å². The van der Waals surface area contributed by atoms with Crippen LogP contribution in [-0.4, -0.2) is 55.5 Å². The highest BCUT2D eigenvalue weighted by Gasteiger charge is 2.21. The van der Waals surface area contributed by atoms with Gasteiger partial charge in [-0.1, -0.05) is 18.2 Å². The molecular weight excluding hydrogens is 322 g/mol. The number of nitrogens with zero attached hydrogens (tertiary/aromatic N) is 2. The lowest BCUT2D eigenvalue weighted by Crippen LogP contribution is -2.49. The van der Waals surface area contributed by atoms with Gasteiger partial charge in [0, 0.05) is 37.6 Å². The molecule has 2 heterocycles. The van der Waals surface area contributed by atoms with Gasteiger partial charge in [-0.15, -0.1) is 11.3 Å². The highest BCUT2D eigenvalue weighted by Crippen LogP contribution is 2.22. The summed E-state index contributed by atoms with van der Waals surface area (Å²) in [5, 5.41) is 5.29. The fraction of sp³-hybridized carbons (Fsp3) is 0.389. The number of amides is 1. The van der Waals surface area contributed by atoms with Gasteiger partial charge < -0.3 is 15.0 Å². The third-order valence-corrected chi connectivity index (χ3v) is 5.08. The molecule has 24 heavy (non-hydrogen) atoms. The molecule has 6 heteroatoms. The molecule has 1 saturated heterocycles. The average molecular weight is 345 g/mol. The number of carbonyl (C=O) groups excluding carboxylic acids is 1. The van der Waals surface area contributed by atoms with Crippen LogP contribution >= 0.6 is 11.3 Å². The lowest BCUT2D eigenvalue weighted by atomic mass is 10.2. The van der Waals surface area contributed by atoms with E-state index in [1.165, 1.54) is 4.88 Å². The second kappa shape index (κ2) is 8.17. The smallest absolute Gasteiger partial charge is 0.241 e. The Hall–Kier alpha value is -2.05. The van der Waals surface area contributed by atoms with Gasteiger partial charge in [0.2, 0.25) is 5.91 Å². The number of para-hydroxylation sites is 2. The molecule has 3 rings (SSSR count). The van der Waals surface area contributed by atoms with E-state index in [-0.39, 0.29) is 5.91 Å². The highest BCUT2D eigenvalue weighted by molar-refractivity contribution is 7.09. The predicted octanol–water partition coefficient (Wildman–Crippen LogP) is 2.51. The number of thiophene rings is 1. The Morgan fingerprint density at radius 3 is 2.67 bits per heavy atom. The van der Waals surface area contributed by atoms with Gasteiger partial charge >= 0.3 is 0 Å². The molecule has 128 valence electrons. The molecule has 0 unspecified atom stereocenters. The lowest BCUT2D eigenvalue weighted by Gasteiger charge is -2.34. The normalized spacial score (nSPS) is 15.3. The lowest BCUT2D eigenvalue weighted by molar-refractivity contribution is -0.131. The van der Waals surface area contributed by atoms with Crippen LogP contribution in [0.2, 0.25) is 0 Å². The first-order chi connectivity index (χ1) is 11.8. The molecule has 0 spiro atoms. The van der Waals surface area contributed by atoms with E-state index < -0.39 is 0 Å². The quantitative estimate of drug-likeness (QED) is 0.874. The van der Waals surface area contributed by atoms with Crippen LogP contribution in [0.3, 0.4) is 0 Å². The molecule has 1 aromatic carbocycles. The summed E-state index contributed by atoms with van der Waals surface area (Å²) in [6, 6.07) is 11.9. The van der Waals surface area contributed by atoms with Gasteiger partial charge in [0.1, 0.15) is 5.75 Å². The van der Waals surface area contributed by atoms with Crippen LogP contribution in [0.1, 0.15) is 4.88 Å². The monoisotopic (exact) mass is 345 g/mol. The molecule has 1 amide bonds. The van der Waals surface area contributed by atoms with Crippen molar-refractivity contribution in [3.8, 4) is 5.75 Å². The summed E-state index contributed by atoms with van der Waals surface area (Å²) in [4.78, 5) is 18.1. The molecule has 0 radical (unpaired) electrons. The Balaban J connectivity index is 1.45. The second-order valence-electron chi connectivity index (χ2n) is 5.79. The maximum Gasteiger partial charge on any atom is 0.241 e. The average Bonchev–Trinajstić information content (AvgIpc) is 3.13. The van der Waals surface area contributed by atoms with E-state index in [9.17, 15) is 4.79 Å². The minimum atomic E-state index is 0.136. The van der Waals surface area contributed by atoms with Gasteiger partial charge in [-0.3, -0.25) is 9.69 Å². The van der Waals surface area contributed by atoms with Crippen molar-refractivity contribution in [1.29, 1.82) is 0 Å². The van der Waals surface area contributed by atoms with Gasteiger partial charge in [0.05, 0.1) is 19.3 Å². The summed E-state index contributed by atoms with van der Waals surface area (Å²) in [5.41, 5.74) is 0.852. The number of hydrogen-bond acceptors (Lipinski definition) is 5. The van der Waals surface area contributed by atoms with Gasteiger partial charge in [0.15, 0.2) is 0 Å². The summed E-state index contributed by atoms with van der Waals surface area (Å²) in [6.07, 6.45) is 0. The first kappa shape index (κ1) is 16.8. The second-order valence-corrected chi connectivity index (χ2v) is 6.82. The molecule has 5 nitrogen and oxygen atoms in total. The number of hydrogen-bond donors (Lipinski definition) is 1. The van der Waals surface area contributed by atoms with E-state index >= 15 is 0 Å². The fourth-order valence-corrected chi connectivity index (χ4v) is 3.60. The minimum absolute atomic E-state index is 0.136. The zero-order valence-electron chi connectivity index (χ0n) is 13.9.